The second-order valence-corrected chi connectivity index (χ2v) is 5.16. The third kappa shape index (κ3) is 3.25. The summed E-state index contributed by atoms with van der Waals surface area (Å²) in [6, 6.07) is 0. The Morgan fingerprint density at radius 2 is 2.15 bits per heavy atom. The van der Waals surface area contributed by atoms with Crippen LogP contribution in [0.3, 0.4) is 0 Å². The van der Waals surface area contributed by atoms with E-state index in [2.05, 4.69) is 26.1 Å². The number of hydrogen-bond donors (Lipinski definition) is 2. The molecule has 0 aromatic rings. The Bertz CT molecular complexity index is 157. The van der Waals surface area contributed by atoms with E-state index >= 15 is 0 Å². The van der Waals surface area contributed by atoms with Gasteiger partial charge in [0, 0.05) is 6.54 Å². The lowest BCUT2D eigenvalue weighted by atomic mass is 9.80. The van der Waals surface area contributed by atoms with Crippen molar-refractivity contribution >= 4 is 0 Å². The van der Waals surface area contributed by atoms with Crippen molar-refractivity contribution in [1.82, 2.24) is 5.32 Å². The number of nitrogens with one attached hydrogen (secondary N) is 1. The zero-order valence-corrected chi connectivity index (χ0v) is 8.89. The predicted octanol–water partition coefficient (Wildman–Crippen LogP) is 0.773. The van der Waals surface area contributed by atoms with Crippen LogP contribution >= 0.6 is 0 Å². The zero-order chi connectivity index (χ0) is 9.95. The average molecular weight is 187 g/mol. The monoisotopic (exact) mass is 187 g/mol. The first-order chi connectivity index (χ1) is 5.97. The van der Waals surface area contributed by atoms with Crippen molar-refractivity contribution in [2.24, 2.45) is 5.41 Å². The van der Waals surface area contributed by atoms with Crippen LogP contribution in [-0.2, 0) is 4.74 Å². The largest absolute Gasteiger partial charge is 0.394 e. The van der Waals surface area contributed by atoms with Gasteiger partial charge < -0.3 is 15.2 Å². The molecule has 0 aromatic heterocycles. The maximum absolute atomic E-state index is 9.36. The van der Waals surface area contributed by atoms with E-state index in [0.29, 0.717) is 6.61 Å². The van der Waals surface area contributed by atoms with Gasteiger partial charge in [0.05, 0.1) is 25.4 Å². The van der Waals surface area contributed by atoms with Gasteiger partial charge in [-0.1, -0.05) is 20.8 Å². The van der Waals surface area contributed by atoms with E-state index in [1.165, 1.54) is 0 Å². The minimum atomic E-state index is -0.212. The van der Waals surface area contributed by atoms with Gasteiger partial charge in [-0.2, -0.15) is 0 Å². The van der Waals surface area contributed by atoms with Crippen LogP contribution in [0.15, 0.2) is 0 Å². The molecular weight excluding hydrogens is 166 g/mol. The van der Waals surface area contributed by atoms with E-state index in [1.807, 2.05) is 0 Å². The van der Waals surface area contributed by atoms with Crippen LogP contribution in [-0.4, -0.2) is 37.0 Å². The molecule has 1 saturated heterocycles. The topological polar surface area (TPSA) is 41.5 Å². The Morgan fingerprint density at radius 3 is 2.54 bits per heavy atom. The van der Waals surface area contributed by atoms with Crippen LogP contribution in [0.1, 0.15) is 27.2 Å². The number of morpholine rings is 1. The Hall–Kier alpha value is -0.120. The fraction of sp³-hybridized carbons (Fsp3) is 1.00. The lowest BCUT2D eigenvalue weighted by Crippen LogP contribution is -2.58. The molecule has 3 heteroatoms. The van der Waals surface area contributed by atoms with Crippen molar-refractivity contribution in [3.63, 3.8) is 0 Å². The quantitative estimate of drug-likeness (QED) is 0.671. The molecule has 2 N–H and O–H groups in total. The molecule has 1 aliphatic heterocycles. The molecule has 78 valence electrons. The first-order valence-corrected chi connectivity index (χ1v) is 4.91. The predicted molar refractivity (Wildman–Crippen MR) is 52.7 cm³/mol. The fourth-order valence-electron chi connectivity index (χ4n) is 1.99. The Labute approximate surface area is 80.5 Å². The summed E-state index contributed by atoms with van der Waals surface area (Å²) in [7, 11) is 0. The van der Waals surface area contributed by atoms with Gasteiger partial charge in [-0.15, -0.1) is 0 Å². The van der Waals surface area contributed by atoms with Gasteiger partial charge >= 0.3 is 0 Å². The third-order valence-corrected chi connectivity index (χ3v) is 2.30. The van der Waals surface area contributed by atoms with Gasteiger partial charge in [-0.25, -0.2) is 0 Å². The first kappa shape index (κ1) is 11.0. The van der Waals surface area contributed by atoms with E-state index in [-0.39, 0.29) is 17.6 Å². The number of aliphatic hydroxyl groups excluding tert-OH is 1. The molecule has 0 aromatic carbocycles. The molecule has 1 fully saturated rings. The molecule has 13 heavy (non-hydrogen) atoms. The highest BCUT2D eigenvalue weighted by atomic mass is 16.5. The van der Waals surface area contributed by atoms with E-state index in [9.17, 15) is 5.11 Å². The smallest absolute Gasteiger partial charge is 0.0671 e. The molecule has 1 aliphatic rings. The maximum atomic E-state index is 9.36. The van der Waals surface area contributed by atoms with Gasteiger partial charge in [0.15, 0.2) is 0 Å². The second kappa shape index (κ2) is 3.95. The van der Waals surface area contributed by atoms with Crippen LogP contribution in [0.4, 0.5) is 0 Å². The molecule has 0 saturated carbocycles. The minimum absolute atomic E-state index is 0.157. The van der Waals surface area contributed by atoms with Gasteiger partial charge in [-0.3, -0.25) is 0 Å². The van der Waals surface area contributed by atoms with Crippen molar-refractivity contribution in [3.8, 4) is 0 Å². The van der Waals surface area contributed by atoms with Gasteiger partial charge in [0.2, 0.25) is 0 Å². The molecule has 1 rings (SSSR count). The fourth-order valence-corrected chi connectivity index (χ4v) is 1.99. The summed E-state index contributed by atoms with van der Waals surface area (Å²) in [6.07, 6.45) is 0.941. The molecule has 0 bridgehead atoms. The maximum Gasteiger partial charge on any atom is 0.0671 e. The number of aliphatic hydroxyl groups is 1. The molecule has 0 radical (unpaired) electrons. The molecule has 1 heterocycles. The zero-order valence-electron chi connectivity index (χ0n) is 8.89. The van der Waals surface area contributed by atoms with E-state index in [1.54, 1.807) is 0 Å². The van der Waals surface area contributed by atoms with Crippen LogP contribution < -0.4 is 5.32 Å². The molecule has 1 atom stereocenters. The van der Waals surface area contributed by atoms with Crippen molar-refractivity contribution < 1.29 is 9.84 Å². The van der Waals surface area contributed by atoms with E-state index < -0.39 is 0 Å². The highest BCUT2D eigenvalue weighted by Crippen LogP contribution is 2.28. The summed E-state index contributed by atoms with van der Waals surface area (Å²) in [5, 5.41) is 12.7. The molecule has 1 unspecified atom stereocenters. The Balaban J connectivity index is 2.57. The minimum Gasteiger partial charge on any atom is -0.394 e. The van der Waals surface area contributed by atoms with Crippen LogP contribution in [0.2, 0.25) is 0 Å². The summed E-state index contributed by atoms with van der Waals surface area (Å²) < 4.78 is 5.40. The lowest BCUT2D eigenvalue weighted by Gasteiger charge is -2.40. The molecule has 3 nitrogen and oxygen atoms in total. The summed E-state index contributed by atoms with van der Waals surface area (Å²) in [5.74, 6) is 0. The van der Waals surface area contributed by atoms with Crippen LogP contribution in [0.25, 0.3) is 0 Å². The average Bonchev–Trinajstić information content (AvgIpc) is 2.03. The Kier molecular flexibility index (Phi) is 3.33. The number of hydrogen-bond acceptors (Lipinski definition) is 3. The first-order valence-electron chi connectivity index (χ1n) is 4.91. The Morgan fingerprint density at radius 1 is 1.46 bits per heavy atom. The summed E-state index contributed by atoms with van der Waals surface area (Å²) in [4.78, 5) is 0. The molecule has 0 aliphatic carbocycles. The highest BCUT2D eigenvalue weighted by molar-refractivity contribution is 4.93. The normalized spacial score (nSPS) is 30.5. The molecular formula is C10H21NO2. The van der Waals surface area contributed by atoms with Gasteiger partial charge in [-0.05, 0) is 11.8 Å². The number of rotatable bonds is 2. The molecule has 0 amide bonds. The second-order valence-electron chi connectivity index (χ2n) is 5.16. The highest BCUT2D eigenvalue weighted by Gasteiger charge is 2.35. The van der Waals surface area contributed by atoms with Crippen molar-refractivity contribution in [3.05, 3.63) is 0 Å². The van der Waals surface area contributed by atoms with Crippen molar-refractivity contribution in [2.45, 2.75) is 32.7 Å². The standard InChI is InChI=1S/C10H21NO2/c1-9(2,3)6-10(7-12)8-13-5-4-11-10/h11-12H,4-8H2,1-3H3. The molecule has 0 spiro atoms. The third-order valence-electron chi connectivity index (χ3n) is 2.30. The van der Waals surface area contributed by atoms with E-state index in [4.69, 9.17) is 4.74 Å². The van der Waals surface area contributed by atoms with Gasteiger partial charge in [0.25, 0.3) is 0 Å². The SMILES string of the molecule is CC(C)(C)CC1(CO)COCCN1. The van der Waals surface area contributed by atoms with Gasteiger partial charge in [0.1, 0.15) is 0 Å². The van der Waals surface area contributed by atoms with Crippen molar-refractivity contribution in [2.75, 3.05) is 26.4 Å². The summed E-state index contributed by atoms with van der Waals surface area (Å²) >= 11 is 0. The lowest BCUT2D eigenvalue weighted by molar-refractivity contribution is -0.0193. The number of ether oxygens (including phenoxy) is 1. The van der Waals surface area contributed by atoms with Crippen LogP contribution in [0, 0.1) is 5.41 Å². The summed E-state index contributed by atoms with van der Waals surface area (Å²) in [6.45, 7) is 8.93. The van der Waals surface area contributed by atoms with E-state index in [0.717, 1.165) is 19.6 Å². The summed E-state index contributed by atoms with van der Waals surface area (Å²) in [5.41, 5.74) is 0.00688. The van der Waals surface area contributed by atoms with Crippen LogP contribution in [0.5, 0.6) is 0 Å². The van der Waals surface area contributed by atoms with Crippen molar-refractivity contribution in [1.29, 1.82) is 0 Å².